The Hall–Kier alpha value is -1.71. The lowest BCUT2D eigenvalue weighted by Crippen LogP contribution is -2.48. The van der Waals surface area contributed by atoms with Crippen LogP contribution < -0.4 is 9.80 Å². The van der Waals surface area contributed by atoms with Crippen LogP contribution in [-0.2, 0) is 4.79 Å². The van der Waals surface area contributed by atoms with Crippen molar-refractivity contribution >= 4 is 17.3 Å². The summed E-state index contributed by atoms with van der Waals surface area (Å²) in [4.78, 5) is 18.9. The molecule has 0 aliphatic carbocycles. The topological polar surface area (TPSA) is 26.8 Å². The minimum absolute atomic E-state index is 0.312. The molecule has 2 heterocycles. The van der Waals surface area contributed by atoms with Gasteiger partial charge in [0.1, 0.15) is 0 Å². The van der Waals surface area contributed by atoms with E-state index >= 15 is 0 Å². The molecule has 0 spiro atoms. The summed E-state index contributed by atoms with van der Waals surface area (Å²) in [5, 5.41) is 0. The number of rotatable bonds is 4. The molecule has 2 aliphatic rings. The zero-order valence-electron chi connectivity index (χ0n) is 15.2. The Bertz CT molecular complexity index is 526. The van der Waals surface area contributed by atoms with Crippen molar-refractivity contribution in [3.63, 3.8) is 0 Å². The Morgan fingerprint density at radius 3 is 1.92 bits per heavy atom. The highest BCUT2D eigenvalue weighted by Gasteiger charge is 2.21. The highest BCUT2D eigenvalue weighted by Crippen LogP contribution is 2.26. The van der Waals surface area contributed by atoms with Gasteiger partial charge in [-0.3, -0.25) is 4.79 Å². The van der Waals surface area contributed by atoms with E-state index in [1.807, 2.05) is 4.90 Å². The van der Waals surface area contributed by atoms with Gasteiger partial charge in [0, 0.05) is 57.1 Å². The van der Waals surface area contributed by atoms with E-state index in [9.17, 15) is 4.79 Å². The number of piperidine rings is 1. The van der Waals surface area contributed by atoms with Crippen LogP contribution in [0.1, 0.15) is 39.5 Å². The molecule has 1 amide bonds. The lowest BCUT2D eigenvalue weighted by atomic mass is 9.99. The fourth-order valence-electron chi connectivity index (χ4n) is 3.73. The third-order valence-corrected chi connectivity index (χ3v) is 5.46. The molecule has 4 heteroatoms. The largest absolute Gasteiger partial charge is 0.372 e. The molecule has 1 aromatic carbocycles. The fourth-order valence-corrected chi connectivity index (χ4v) is 3.73. The van der Waals surface area contributed by atoms with Crippen molar-refractivity contribution in [2.75, 3.05) is 49.1 Å². The van der Waals surface area contributed by atoms with Gasteiger partial charge in [-0.1, -0.05) is 13.8 Å². The summed E-state index contributed by atoms with van der Waals surface area (Å²) in [6.45, 7) is 10.4. The average Bonchev–Trinajstić information content (AvgIpc) is 2.63. The Kier molecular flexibility index (Phi) is 5.64. The van der Waals surface area contributed by atoms with Gasteiger partial charge in [-0.05, 0) is 49.4 Å². The molecule has 2 fully saturated rings. The maximum Gasteiger partial charge on any atom is 0.222 e. The number of benzene rings is 1. The van der Waals surface area contributed by atoms with Crippen LogP contribution in [0.25, 0.3) is 0 Å². The average molecular weight is 329 g/mol. The van der Waals surface area contributed by atoms with Crippen molar-refractivity contribution in [3.8, 4) is 0 Å². The second-order valence-electron chi connectivity index (χ2n) is 7.30. The standard InChI is InChI=1S/C20H31N3O/c1-3-4-20(24)23-15-13-22(14-16-23)19-7-5-18(6-8-19)21-11-9-17(2)10-12-21/h5-8,17H,3-4,9-16H2,1-2H3. The predicted octanol–water partition coefficient (Wildman–Crippen LogP) is 3.37. The Morgan fingerprint density at radius 1 is 0.917 bits per heavy atom. The lowest BCUT2D eigenvalue weighted by Gasteiger charge is -2.36. The van der Waals surface area contributed by atoms with Crippen LogP contribution in [0.4, 0.5) is 11.4 Å². The van der Waals surface area contributed by atoms with Gasteiger partial charge in [0.05, 0.1) is 0 Å². The Morgan fingerprint density at radius 2 is 1.42 bits per heavy atom. The summed E-state index contributed by atoms with van der Waals surface area (Å²) in [6.07, 6.45) is 4.23. The number of piperazine rings is 1. The molecule has 3 rings (SSSR count). The van der Waals surface area contributed by atoms with Gasteiger partial charge in [0.2, 0.25) is 5.91 Å². The van der Waals surface area contributed by atoms with Crippen LogP contribution in [0.2, 0.25) is 0 Å². The van der Waals surface area contributed by atoms with E-state index in [1.54, 1.807) is 0 Å². The molecule has 0 saturated carbocycles. The first-order valence-electron chi connectivity index (χ1n) is 9.55. The van der Waals surface area contributed by atoms with E-state index in [1.165, 1.54) is 37.3 Å². The van der Waals surface area contributed by atoms with Crippen LogP contribution in [-0.4, -0.2) is 50.1 Å². The van der Waals surface area contributed by atoms with E-state index in [0.29, 0.717) is 12.3 Å². The van der Waals surface area contributed by atoms with Gasteiger partial charge in [-0.2, -0.15) is 0 Å². The number of anilines is 2. The molecule has 0 unspecified atom stereocenters. The third-order valence-electron chi connectivity index (χ3n) is 5.46. The molecule has 24 heavy (non-hydrogen) atoms. The first-order valence-corrected chi connectivity index (χ1v) is 9.55. The van der Waals surface area contributed by atoms with Gasteiger partial charge in [0.15, 0.2) is 0 Å². The van der Waals surface area contributed by atoms with Crippen LogP contribution in [0, 0.1) is 5.92 Å². The monoisotopic (exact) mass is 329 g/mol. The Balaban J connectivity index is 1.54. The molecule has 0 aromatic heterocycles. The highest BCUT2D eigenvalue weighted by atomic mass is 16.2. The van der Waals surface area contributed by atoms with E-state index < -0.39 is 0 Å². The second kappa shape index (κ2) is 7.91. The van der Waals surface area contributed by atoms with E-state index in [-0.39, 0.29) is 0 Å². The summed E-state index contributed by atoms with van der Waals surface area (Å²) >= 11 is 0. The van der Waals surface area contributed by atoms with Gasteiger partial charge < -0.3 is 14.7 Å². The summed E-state index contributed by atoms with van der Waals surface area (Å²) in [5.74, 6) is 1.18. The zero-order chi connectivity index (χ0) is 16.9. The predicted molar refractivity (Wildman–Crippen MR) is 101 cm³/mol. The molecular formula is C20H31N3O. The van der Waals surface area contributed by atoms with Gasteiger partial charge >= 0.3 is 0 Å². The van der Waals surface area contributed by atoms with Crippen LogP contribution in [0.15, 0.2) is 24.3 Å². The second-order valence-corrected chi connectivity index (χ2v) is 7.30. The molecular weight excluding hydrogens is 298 g/mol. The number of carbonyl (C=O) groups is 1. The van der Waals surface area contributed by atoms with Crippen molar-refractivity contribution in [2.24, 2.45) is 5.92 Å². The molecule has 0 radical (unpaired) electrons. The third kappa shape index (κ3) is 4.03. The lowest BCUT2D eigenvalue weighted by molar-refractivity contribution is -0.131. The molecule has 2 saturated heterocycles. The summed E-state index contributed by atoms with van der Waals surface area (Å²) in [7, 11) is 0. The highest BCUT2D eigenvalue weighted by molar-refractivity contribution is 5.76. The normalized spacial score (nSPS) is 19.7. The number of nitrogens with zero attached hydrogens (tertiary/aromatic N) is 3. The maximum absolute atomic E-state index is 12.0. The summed E-state index contributed by atoms with van der Waals surface area (Å²) < 4.78 is 0. The van der Waals surface area contributed by atoms with Crippen LogP contribution in [0.5, 0.6) is 0 Å². The van der Waals surface area contributed by atoms with Crippen molar-refractivity contribution in [1.82, 2.24) is 4.90 Å². The first kappa shape index (κ1) is 17.1. The molecule has 4 nitrogen and oxygen atoms in total. The number of carbonyl (C=O) groups excluding carboxylic acids is 1. The van der Waals surface area contributed by atoms with E-state index in [0.717, 1.165) is 38.5 Å². The minimum Gasteiger partial charge on any atom is -0.372 e. The SMILES string of the molecule is CCCC(=O)N1CCN(c2ccc(N3CCC(C)CC3)cc2)CC1. The van der Waals surface area contributed by atoms with E-state index in [4.69, 9.17) is 0 Å². The molecule has 0 atom stereocenters. The van der Waals surface area contributed by atoms with Crippen molar-refractivity contribution < 1.29 is 4.79 Å². The Labute approximate surface area is 146 Å². The van der Waals surface area contributed by atoms with E-state index in [2.05, 4.69) is 47.9 Å². The number of hydrogen-bond donors (Lipinski definition) is 0. The molecule has 132 valence electrons. The summed E-state index contributed by atoms with van der Waals surface area (Å²) in [5.41, 5.74) is 2.63. The molecule has 0 bridgehead atoms. The van der Waals surface area contributed by atoms with Crippen molar-refractivity contribution in [1.29, 1.82) is 0 Å². The minimum atomic E-state index is 0.312. The smallest absolute Gasteiger partial charge is 0.222 e. The molecule has 1 aromatic rings. The fraction of sp³-hybridized carbons (Fsp3) is 0.650. The molecule has 2 aliphatic heterocycles. The van der Waals surface area contributed by atoms with Gasteiger partial charge in [0.25, 0.3) is 0 Å². The van der Waals surface area contributed by atoms with Gasteiger partial charge in [-0.25, -0.2) is 0 Å². The molecule has 0 N–H and O–H groups in total. The zero-order valence-corrected chi connectivity index (χ0v) is 15.2. The maximum atomic E-state index is 12.0. The van der Waals surface area contributed by atoms with Gasteiger partial charge in [-0.15, -0.1) is 0 Å². The summed E-state index contributed by atoms with van der Waals surface area (Å²) in [6, 6.07) is 9.02. The van der Waals surface area contributed by atoms with Crippen molar-refractivity contribution in [2.45, 2.75) is 39.5 Å². The quantitative estimate of drug-likeness (QED) is 0.847. The van der Waals surface area contributed by atoms with Crippen LogP contribution in [0.3, 0.4) is 0 Å². The van der Waals surface area contributed by atoms with Crippen LogP contribution >= 0.6 is 0 Å². The first-order chi connectivity index (χ1) is 11.7. The number of hydrogen-bond acceptors (Lipinski definition) is 3. The van der Waals surface area contributed by atoms with Crippen molar-refractivity contribution in [3.05, 3.63) is 24.3 Å². The number of amides is 1.